The fourth-order valence-electron chi connectivity index (χ4n) is 0. The zero-order valence-corrected chi connectivity index (χ0v) is 6.72. The number of rotatable bonds is 0. The summed E-state index contributed by atoms with van der Waals surface area (Å²) in [6, 6.07) is 0. The standard InChI is InChI=1S/C2H6Ge.H3P/c1-3-2;/h1-2H3;1H3. The molecular weight excluding hydrogens is 128 g/mol. The maximum absolute atomic E-state index is 2.25. The third-order valence-corrected chi connectivity index (χ3v) is 0. The molecule has 0 nitrogen and oxygen atoms in total. The Morgan fingerprint density at radius 3 is 1.25 bits per heavy atom. The van der Waals surface area contributed by atoms with Gasteiger partial charge in [-0.05, 0) is 0 Å². The zero-order valence-electron chi connectivity index (χ0n) is 3.21. The monoisotopic (exact) mass is 138 g/mol. The van der Waals surface area contributed by atoms with Crippen LogP contribution in [0.25, 0.3) is 0 Å². The van der Waals surface area contributed by atoms with Crippen LogP contribution >= 0.6 is 9.90 Å². The molecule has 0 aliphatic carbocycles. The van der Waals surface area contributed by atoms with Gasteiger partial charge in [0.1, 0.15) is 0 Å². The van der Waals surface area contributed by atoms with Crippen LogP contribution in [-0.2, 0) is 0 Å². The van der Waals surface area contributed by atoms with E-state index < -0.39 is 0 Å². The molecule has 0 aliphatic heterocycles. The van der Waals surface area contributed by atoms with E-state index in [0.717, 1.165) is 0 Å². The van der Waals surface area contributed by atoms with E-state index in [0.29, 0.717) is 15.4 Å². The van der Waals surface area contributed by atoms with Crippen LogP contribution in [0.15, 0.2) is 0 Å². The first-order valence-electron chi connectivity index (χ1n) is 1.00. The third-order valence-electron chi connectivity index (χ3n) is 0. The van der Waals surface area contributed by atoms with Gasteiger partial charge < -0.3 is 0 Å². The molecule has 0 heterocycles. The fourth-order valence-corrected chi connectivity index (χ4v) is 0. The molecule has 0 aliphatic rings. The molecular formula is C2H9GeP. The van der Waals surface area contributed by atoms with Gasteiger partial charge in [0.05, 0.1) is 0 Å². The predicted molar refractivity (Wildman–Crippen MR) is 28.6 cm³/mol. The second kappa shape index (κ2) is 9.02. The Hall–Kier alpha value is 0.973. The summed E-state index contributed by atoms with van der Waals surface area (Å²) in [6.45, 7) is 0. The third kappa shape index (κ3) is 12.2. The Morgan fingerprint density at radius 2 is 1.25 bits per heavy atom. The van der Waals surface area contributed by atoms with Crippen LogP contribution in [0.5, 0.6) is 0 Å². The Labute approximate surface area is 37.5 Å². The molecule has 1 atom stereocenters. The van der Waals surface area contributed by atoms with Crippen LogP contribution in [0.1, 0.15) is 0 Å². The van der Waals surface area contributed by atoms with Gasteiger partial charge in [0, 0.05) is 0 Å². The summed E-state index contributed by atoms with van der Waals surface area (Å²) in [6.07, 6.45) is 0. The molecule has 0 rings (SSSR count). The Bertz CT molecular complexity index is 6.00. The first-order valence-corrected chi connectivity index (χ1v) is 5.20. The minimum atomic E-state index is 0. The predicted octanol–water partition coefficient (Wildman–Crippen LogP) is 0.845. The molecule has 0 bridgehead atoms. The van der Waals surface area contributed by atoms with E-state index in [9.17, 15) is 0 Å². The minimum absolute atomic E-state index is 0. The summed E-state index contributed by atoms with van der Waals surface area (Å²) in [5.41, 5.74) is 0. The quantitative estimate of drug-likeness (QED) is 0.342. The first-order chi connectivity index (χ1) is 1.41. The van der Waals surface area contributed by atoms with Gasteiger partial charge in [-0.3, -0.25) is 0 Å². The molecule has 1 unspecified atom stereocenters. The number of hydrogen-bond acceptors (Lipinski definition) is 0. The summed E-state index contributed by atoms with van der Waals surface area (Å²) in [5.74, 6) is 4.50. The van der Waals surface area contributed by atoms with Gasteiger partial charge in [-0.15, -0.1) is 0 Å². The zero-order chi connectivity index (χ0) is 2.71. The molecule has 2 radical (unpaired) electrons. The van der Waals surface area contributed by atoms with Crippen LogP contribution in [0.4, 0.5) is 0 Å². The molecule has 0 N–H and O–H groups in total. The van der Waals surface area contributed by atoms with Gasteiger partial charge in [0.15, 0.2) is 0 Å². The molecule has 2 heteroatoms. The SMILES string of the molecule is P.[CH3][Ge][CH3]. The molecule has 0 amide bonds. The van der Waals surface area contributed by atoms with Gasteiger partial charge in [0.25, 0.3) is 0 Å². The van der Waals surface area contributed by atoms with Gasteiger partial charge >= 0.3 is 26.9 Å². The molecule has 0 aromatic rings. The van der Waals surface area contributed by atoms with Gasteiger partial charge in [-0.2, -0.15) is 9.90 Å². The Kier molecular flexibility index (Phi) is 20.0. The van der Waals surface area contributed by atoms with E-state index in [-0.39, 0.29) is 9.90 Å². The van der Waals surface area contributed by atoms with Crippen molar-refractivity contribution in [1.82, 2.24) is 0 Å². The molecule has 4 heavy (non-hydrogen) atoms. The van der Waals surface area contributed by atoms with Gasteiger partial charge in [-0.1, -0.05) is 0 Å². The van der Waals surface area contributed by atoms with Crippen LogP contribution in [0.3, 0.4) is 0 Å². The van der Waals surface area contributed by atoms with Crippen molar-refractivity contribution >= 4 is 25.3 Å². The fraction of sp³-hybridized carbons (Fsp3) is 1.00. The van der Waals surface area contributed by atoms with Crippen molar-refractivity contribution in [3.05, 3.63) is 0 Å². The van der Waals surface area contributed by atoms with Gasteiger partial charge in [-0.25, -0.2) is 0 Å². The summed E-state index contributed by atoms with van der Waals surface area (Å²) in [7, 11) is 0. The van der Waals surface area contributed by atoms with E-state index in [4.69, 9.17) is 0 Å². The topological polar surface area (TPSA) is 0 Å². The second-order valence-electron chi connectivity index (χ2n) is 0.500. The number of hydrogen-bond donors (Lipinski definition) is 0. The van der Waals surface area contributed by atoms with Gasteiger partial charge in [0.2, 0.25) is 0 Å². The van der Waals surface area contributed by atoms with Crippen molar-refractivity contribution in [2.45, 2.75) is 11.5 Å². The summed E-state index contributed by atoms with van der Waals surface area (Å²) < 4.78 is 0. The molecule has 0 aromatic heterocycles. The molecule has 0 saturated carbocycles. The van der Waals surface area contributed by atoms with Crippen LogP contribution in [0, 0.1) is 0 Å². The van der Waals surface area contributed by atoms with Crippen molar-refractivity contribution in [1.29, 1.82) is 0 Å². The molecule has 0 saturated heterocycles. The summed E-state index contributed by atoms with van der Waals surface area (Å²) in [5, 5.41) is 0. The van der Waals surface area contributed by atoms with Crippen molar-refractivity contribution in [2.24, 2.45) is 0 Å². The van der Waals surface area contributed by atoms with E-state index in [2.05, 4.69) is 11.5 Å². The van der Waals surface area contributed by atoms with Crippen molar-refractivity contribution in [2.75, 3.05) is 0 Å². The van der Waals surface area contributed by atoms with E-state index in [1.807, 2.05) is 0 Å². The second-order valence-corrected chi connectivity index (χ2v) is 2.60. The average Bonchev–Trinajstić information content (AvgIpc) is 0.918. The van der Waals surface area contributed by atoms with E-state index >= 15 is 0 Å². The maximum atomic E-state index is 2.25. The summed E-state index contributed by atoms with van der Waals surface area (Å²) in [4.78, 5) is 0. The molecule has 0 aromatic carbocycles. The first kappa shape index (κ1) is 8.88. The normalized spacial score (nSPS) is 4.50. The van der Waals surface area contributed by atoms with Crippen molar-refractivity contribution < 1.29 is 0 Å². The van der Waals surface area contributed by atoms with Crippen LogP contribution in [-0.4, -0.2) is 15.4 Å². The Morgan fingerprint density at radius 1 is 1.25 bits per heavy atom. The molecule has 26 valence electrons. The summed E-state index contributed by atoms with van der Waals surface area (Å²) >= 11 is 0.500. The van der Waals surface area contributed by atoms with Crippen LogP contribution in [0.2, 0.25) is 11.5 Å². The molecule has 0 fully saturated rings. The van der Waals surface area contributed by atoms with Crippen LogP contribution < -0.4 is 0 Å². The molecule has 0 spiro atoms. The average molecular weight is 137 g/mol. The van der Waals surface area contributed by atoms with Crippen molar-refractivity contribution in [3.63, 3.8) is 0 Å². The van der Waals surface area contributed by atoms with Crippen molar-refractivity contribution in [3.8, 4) is 0 Å². The van der Waals surface area contributed by atoms with E-state index in [1.54, 1.807) is 0 Å². The Balaban J connectivity index is 0. The van der Waals surface area contributed by atoms with E-state index in [1.165, 1.54) is 0 Å².